The molecular formula is C17H24N2. The van der Waals surface area contributed by atoms with Crippen molar-refractivity contribution in [3.8, 4) is 6.07 Å². The molecule has 0 aliphatic carbocycles. The highest BCUT2D eigenvalue weighted by Crippen LogP contribution is 2.39. The van der Waals surface area contributed by atoms with Crippen molar-refractivity contribution in [2.45, 2.75) is 40.5 Å². The van der Waals surface area contributed by atoms with Gasteiger partial charge < -0.3 is 4.90 Å². The summed E-state index contributed by atoms with van der Waals surface area (Å²) in [6.45, 7) is 11.1. The molecule has 0 saturated carbocycles. The highest BCUT2D eigenvalue weighted by Gasteiger charge is 2.35. The third kappa shape index (κ3) is 2.76. The highest BCUT2D eigenvalue weighted by atomic mass is 15.1. The lowest BCUT2D eigenvalue weighted by Gasteiger charge is -2.45. The molecule has 1 unspecified atom stereocenters. The van der Waals surface area contributed by atoms with Crippen molar-refractivity contribution in [2.24, 2.45) is 11.3 Å². The van der Waals surface area contributed by atoms with E-state index in [1.165, 1.54) is 16.8 Å². The summed E-state index contributed by atoms with van der Waals surface area (Å²) in [6.07, 6.45) is 1.81. The van der Waals surface area contributed by atoms with Crippen LogP contribution in [0.3, 0.4) is 0 Å². The number of aryl methyl sites for hydroxylation is 1. The van der Waals surface area contributed by atoms with E-state index in [0.29, 0.717) is 12.3 Å². The van der Waals surface area contributed by atoms with E-state index in [-0.39, 0.29) is 5.41 Å². The van der Waals surface area contributed by atoms with Crippen LogP contribution in [0.5, 0.6) is 0 Å². The fraction of sp³-hybridized carbons (Fsp3) is 0.588. The van der Waals surface area contributed by atoms with E-state index in [2.05, 4.69) is 56.9 Å². The maximum absolute atomic E-state index is 8.95. The molecule has 1 aromatic rings. The second-order valence-electron chi connectivity index (χ2n) is 6.48. The predicted molar refractivity (Wildman–Crippen MR) is 80.2 cm³/mol. The molecule has 0 radical (unpaired) electrons. The Kier molecular flexibility index (Phi) is 3.85. The van der Waals surface area contributed by atoms with Crippen LogP contribution in [0.15, 0.2) is 18.2 Å². The molecule has 0 bridgehead atoms. The number of anilines is 1. The Balaban J connectivity index is 2.21. The summed E-state index contributed by atoms with van der Waals surface area (Å²) in [4.78, 5) is 2.50. The number of rotatable bonds is 2. The summed E-state index contributed by atoms with van der Waals surface area (Å²) < 4.78 is 0. The van der Waals surface area contributed by atoms with Crippen LogP contribution in [0.25, 0.3) is 0 Å². The Morgan fingerprint density at radius 3 is 2.74 bits per heavy atom. The molecule has 1 atom stereocenters. The number of nitriles is 1. The zero-order valence-corrected chi connectivity index (χ0v) is 12.5. The molecule has 102 valence electrons. The van der Waals surface area contributed by atoms with Crippen LogP contribution in [0.2, 0.25) is 0 Å². The van der Waals surface area contributed by atoms with Gasteiger partial charge in [0, 0.05) is 25.2 Å². The Morgan fingerprint density at radius 1 is 1.37 bits per heavy atom. The number of benzene rings is 1. The van der Waals surface area contributed by atoms with E-state index in [9.17, 15) is 0 Å². The molecular weight excluding hydrogens is 232 g/mol. The van der Waals surface area contributed by atoms with E-state index in [1.54, 1.807) is 0 Å². The minimum Gasteiger partial charge on any atom is -0.371 e. The van der Waals surface area contributed by atoms with Crippen molar-refractivity contribution >= 4 is 5.69 Å². The van der Waals surface area contributed by atoms with Gasteiger partial charge in [0.05, 0.1) is 6.07 Å². The fourth-order valence-corrected chi connectivity index (χ4v) is 3.17. The van der Waals surface area contributed by atoms with Crippen LogP contribution in [-0.4, -0.2) is 13.1 Å². The molecule has 1 aliphatic heterocycles. The molecule has 0 aromatic heterocycles. The molecule has 0 spiro atoms. The standard InChI is InChI=1S/C17H24N2/c1-13-6-5-7-16(14(13)2)19-11-9-15(8-10-18)17(3,4)12-19/h5-7,15H,8-9,11-12H2,1-4H3. The smallest absolute Gasteiger partial charge is 0.0624 e. The van der Waals surface area contributed by atoms with Gasteiger partial charge in [-0.05, 0) is 48.8 Å². The van der Waals surface area contributed by atoms with Crippen LogP contribution in [0.4, 0.5) is 5.69 Å². The molecule has 1 fully saturated rings. The Labute approximate surface area is 117 Å². The fourth-order valence-electron chi connectivity index (χ4n) is 3.17. The van der Waals surface area contributed by atoms with E-state index in [1.807, 2.05) is 0 Å². The Bertz CT molecular complexity index is 496. The van der Waals surface area contributed by atoms with Crippen LogP contribution in [-0.2, 0) is 0 Å². The summed E-state index contributed by atoms with van der Waals surface area (Å²) in [5, 5.41) is 8.95. The van der Waals surface area contributed by atoms with Crippen molar-refractivity contribution in [1.82, 2.24) is 0 Å². The highest BCUT2D eigenvalue weighted by molar-refractivity contribution is 5.56. The van der Waals surface area contributed by atoms with Crippen molar-refractivity contribution in [3.05, 3.63) is 29.3 Å². The van der Waals surface area contributed by atoms with Gasteiger partial charge in [-0.15, -0.1) is 0 Å². The minimum atomic E-state index is 0.212. The zero-order valence-electron chi connectivity index (χ0n) is 12.5. The first-order valence-corrected chi connectivity index (χ1v) is 7.14. The number of hydrogen-bond donors (Lipinski definition) is 0. The van der Waals surface area contributed by atoms with E-state index in [4.69, 9.17) is 5.26 Å². The lowest BCUT2D eigenvalue weighted by molar-refractivity contribution is 0.179. The quantitative estimate of drug-likeness (QED) is 0.797. The van der Waals surface area contributed by atoms with Gasteiger partial charge in [0.25, 0.3) is 0 Å². The van der Waals surface area contributed by atoms with Gasteiger partial charge in [-0.3, -0.25) is 0 Å². The summed E-state index contributed by atoms with van der Waals surface area (Å²) in [6, 6.07) is 8.89. The molecule has 1 aromatic carbocycles. The van der Waals surface area contributed by atoms with Crippen LogP contribution in [0, 0.1) is 36.5 Å². The normalized spacial score (nSPS) is 22.1. The van der Waals surface area contributed by atoms with Crippen molar-refractivity contribution in [1.29, 1.82) is 5.26 Å². The molecule has 2 heteroatoms. The second kappa shape index (κ2) is 5.25. The van der Waals surface area contributed by atoms with Crippen molar-refractivity contribution < 1.29 is 0 Å². The molecule has 2 nitrogen and oxygen atoms in total. The molecule has 0 amide bonds. The van der Waals surface area contributed by atoms with Crippen LogP contribution >= 0.6 is 0 Å². The van der Waals surface area contributed by atoms with Crippen LogP contribution < -0.4 is 4.90 Å². The SMILES string of the molecule is Cc1cccc(N2CCC(CC#N)C(C)(C)C2)c1C. The van der Waals surface area contributed by atoms with Gasteiger partial charge in [-0.2, -0.15) is 5.26 Å². The number of hydrogen-bond acceptors (Lipinski definition) is 2. The number of nitrogens with zero attached hydrogens (tertiary/aromatic N) is 2. The summed E-state index contributed by atoms with van der Waals surface area (Å²) in [7, 11) is 0. The Hall–Kier alpha value is -1.49. The van der Waals surface area contributed by atoms with E-state index >= 15 is 0 Å². The maximum Gasteiger partial charge on any atom is 0.0624 e. The average molecular weight is 256 g/mol. The second-order valence-corrected chi connectivity index (χ2v) is 6.48. The first-order valence-electron chi connectivity index (χ1n) is 7.14. The monoisotopic (exact) mass is 256 g/mol. The van der Waals surface area contributed by atoms with Gasteiger partial charge in [0.1, 0.15) is 0 Å². The number of piperidine rings is 1. The lowest BCUT2D eigenvalue weighted by atomic mass is 9.72. The van der Waals surface area contributed by atoms with Crippen LogP contribution in [0.1, 0.15) is 37.8 Å². The topological polar surface area (TPSA) is 27.0 Å². The Morgan fingerprint density at radius 2 is 2.11 bits per heavy atom. The third-order valence-corrected chi connectivity index (χ3v) is 4.71. The molecule has 1 saturated heterocycles. The first-order chi connectivity index (χ1) is 8.95. The van der Waals surface area contributed by atoms with Gasteiger partial charge >= 0.3 is 0 Å². The first kappa shape index (κ1) is 13.9. The molecule has 1 heterocycles. The average Bonchev–Trinajstić information content (AvgIpc) is 2.35. The summed E-state index contributed by atoms with van der Waals surface area (Å²) in [5.41, 5.74) is 4.32. The molecule has 2 rings (SSSR count). The third-order valence-electron chi connectivity index (χ3n) is 4.71. The largest absolute Gasteiger partial charge is 0.371 e. The minimum absolute atomic E-state index is 0.212. The van der Waals surface area contributed by atoms with Gasteiger partial charge in [-0.1, -0.05) is 26.0 Å². The lowest BCUT2D eigenvalue weighted by Crippen LogP contribution is -2.46. The maximum atomic E-state index is 8.95. The van der Waals surface area contributed by atoms with Crippen molar-refractivity contribution in [3.63, 3.8) is 0 Å². The predicted octanol–water partition coefficient (Wildman–Crippen LogP) is 4.07. The summed E-state index contributed by atoms with van der Waals surface area (Å²) in [5.74, 6) is 0.527. The molecule has 19 heavy (non-hydrogen) atoms. The van der Waals surface area contributed by atoms with Gasteiger partial charge in [-0.25, -0.2) is 0 Å². The zero-order chi connectivity index (χ0) is 14.0. The summed E-state index contributed by atoms with van der Waals surface area (Å²) >= 11 is 0. The van der Waals surface area contributed by atoms with Crippen molar-refractivity contribution in [2.75, 3.05) is 18.0 Å². The van der Waals surface area contributed by atoms with E-state index < -0.39 is 0 Å². The van der Waals surface area contributed by atoms with E-state index in [0.717, 1.165) is 19.5 Å². The molecule has 0 N–H and O–H groups in total. The molecule has 1 aliphatic rings. The van der Waals surface area contributed by atoms with Gasteiger partial charge in [0.15, 0.2) is 0 Å². The van der Waals surface area contributed by atoms with Gasteiger partial charge in [0.2, 0.25) is 0 Å².